The Morgan fingerprint density at radius 2 is 1.54 bits per heavy atom. The molecule has 0 bridgehead atoms. The molecule has 0 N–H and O–H groups in total. The van der Waals surface area contributed by atoms with Crippen LogP contribution in [0.15, 0.2) is 66.7 Å². The minimum Gasteiger partial charge on any atom is -0.497 e. The first-order chi connectivity index (χ1) is 13.6. The molecule has 0 aliphatic rings. The number of hydrogen-bond donors (Lipinski definition) is 0. The predicted molar refractivity (Wildman–Crippen MR) is 119 cm³/mol. The van der Waals surface area contributed by atoms with Crippen LogP contribution >= 0.6 is 8.58 Å². The Bertz CT molecular complexity index is 913. The van der Waals surface area contributed by atoms with Gasteiger partial charge in [-0.1, -0.05) is 57.1 Å². The zero-order chi connectivity index (χ0) is 19.9. The SMILES string of the molecule is COc1cc(OC)c(OCc2ccccc2)c(Pc2ccccc2N(C)C)c1. The zero-order valence-corrected chi connectivity index (χ0v) is 17.7. The van der Waals surface area contributed by atoms with Gasteiger partial charge in [-0.2, -0.15) is 0 Å². The molecule has 4 nitrogen and oxygen atoms in total. The van der Waals surface area contributed by atoms with Crippen molar-refractivity contribution in [3.8, 4) is 17.2 Å². The van der Waals surface area contributed by atoms with E-state index in [-0.39, 0.29) is 0 Å². The van der Waals surface area contributed by atoms with Gasteiger partial charge in [-0.3, -0.25) is 0 Å². The van der Waals surface area contributed by atoms with E-state index in [1.54, 1.807) is 14.2 Å². The van der Waals surface area contributed by atoms with E-state index in [0.717, 1.165) is 22.4 Å². The van der Waals surface area contributed by atoms with Crippen molar-refractivity contribution in [1.82, 2.24) is 0 Å². The molecule has 0 spiro atoms. The Morgan fingerprint density at radius 3 is 2.21 bits per heavy atom. The minimum absolute atomic E-state index is 0.407. The van der Waals surface area contributed by atoms with Crippen LogP contribution in [0.4, 0.5) is 5.69 Å². The second kappa shape index (κ2) is 9.48. The fourth-order valence-electron chi connectivity index (χ4n) is 2.93. The summed E-state index contributed by atoms with van der Waals surface area (Å²) in [5, 5.41) is 2.30. The van der Waals surface area contributed by atoms with Crippen molar-refractivity contribution in [2.45, 2.75) is 6.61 Å². The summed E-state index contributed by atoms with van der Waals surface area (Å²) in [6.07, 6.45) is 0. The molecule has 0 saturated carbocycles. The lowest BCUT2D eigenvalue weighted by Gasteiger charge is -2.20. The molecule has 3 rings (SSSR count). The van der Waals surface area contributed by atoms with Crippen LogP contribution in [0.25, 0.3) is 0 Å². The fourth-order valence-corrected chi connectivity index (χ4v) is 4.36. The number of nitrogens with zero attached hydrogens (tertiary/aromatic N) is 1. The maximum atomic E-state index is 6.23. The molecule has 0 fully saturated rings. The lowest BCUT2D eigenvalue weighted by Crippen LogP contribution is -2.18. The lowest BCUT2D eigenvalue weighted by molar-refractivity contribution is 0.286. The normalized spacial score (nSPS) is 10.9. The Morgan fingerprint density at radius 1 is 0.821 bits per heavy atom. The lowest BCUT2D eigenvalue weighted by atomic mass is 10.2. The maximum absolute atomic E-state index is 6.23. The second-order valence-corrected chi connectivity index (χ2v) is 7.84. The summed E-state index contributed by atoms with van der Waals surface area (Å²) in [6, 6.07) is 22.4. The van der Waals surface area contributed by atoms with Crippen LogP contribution in [-0.4, -0.2) is 28.3 Å². The van der Waals surface area contributed by atoms with Gasteiger partial charge in [0.2, 0.25) is 0 Å². The van der Waals surface area contributed by atoms with Crippen LogP contribution in [-0.2, 0) is 6.61 Å². The third-order valence-corrected chi connectivity index (χ3v) is 5.70. The second-order valence-electron chi connectivity index (χ2n) is 6.52. The molecule has 1 atom stereocenters. The fraction of sp³-hybridized carbons (Fsp3) is 0.217. The molecule has 0 amide bonds. The molecule has 28 heavy (non-hydrogen) atoms. The van der Waals surface area contributed by atoms with Crippen LogP contribution in [0, 0.1) is 0 Å². The van der Waals surface area contributed by atoms with Crippen molar-refractivity contribution >= 4 is 24.9 Å². The van der Waals surface area contributed by atoms with Gasteiger partial charge >= 0.3 is 0 Å². The van der Waals surface area contributed by atoms with Crippen molar-refractivity contribution in [3.63, 3.8) is 0 Å². The zero-order valence-electron chi connectivity index (χ0n) is 16.7. The van der Waals surface area contributed by atoms with Gasteiger partial charge < -0.3 is 19.1 Å². The molecule has 0 radical (unpaired) electrons. The van der Waals surface area contributed by atoms with Crippen LogP contribution in [0.3, 0.4) is 0 Å². The highest BCUT2D eigenvalue weighted by molar-refractivity contribution is 7.56. The molecule has 3 aromatic rings. The van der Waals surface area contributed by atoms with Crippen LogP contribution in [0.2, 0.25) is 0 Å². The highest BCUT2D eigenvalue weighted by Crippen LogP contribution is 2.35. The van der Waals surface area contributed by atoms with Gasteiger partial charge in [0, 0.05) is 36.5 Å². The van der Waals surface area contributed by atoms with E-state index < -0.39 is 0 Å². The van der Waals surface area contributed by atoms with Crippen molar-refractivity contribution in [2.75, 3.05) is 33.2 Å². The largest absolute Gasteiger partial charge is 0.497 e. The summed E-state index contributed by atoms with van der Waals surface area (Å²) < 4.78 is 17.3. The van der Waals surface area contributed by atoms with Gasteiger partial charge in [0.05, 0.1) is 14.2 Å². The molecular formula is C23H26NO3P. The first-order valence-electron chi connectivity index (χ1n) is 9.08. The van der Waals surface area contributed by atoms with Crippen LogP contribution in [0.5, 0.6) is 17.2 Å². The van der Waals surface area contributed by atoms with E-state index in [9.17, 15) is 0 Å². The monoisotopic (exact) mass is 395 g/mol. The Labute approximate surface area is 168 Å². The van der Waals surface area contributed by atoms with E-state index in [4.69, 9.17) is 14.2 Å². The number of hydrogen-bond acceptors (Lipinski definition) is 4. The quantitative estimate of drug-likeness (QED) is 0.540. The predicted octanol–water partition coefficient (Wildman–Crippen LogP) is 3.98. The van der Waals surface area contributed by atoms with E-state index in [0.29, 0.717) is 20.9 Å². The van der Waals surface area contributed by atoms with Crippen LogP contribution < -0.4 is 29.7 Å². The number of rotatable bonds is 8. The van der Waals surface area contributed by atoms with Gasteiger partial charge in [0.15, 0.2) is 11.5 Å². The molecule has 0 aliphatic heterocycles. The molecule has 0 aromatic heterocycles. The average molecular weight is 395 g/mol. The summed E-state index contributed by atoms with van der Waals surface area (Å²) in [4.78, 5) is 2.13. The molecule has 3 aromatic carbocycles. The summed E-state index contributed by atoms with van der Waals surface area (Å²) in [7, 11) is 7.85. The van der Waals surface area contributed by atoms with Crippen molar-refractivity contribution in [2.24, 2.45) is 0 Å². The molecule has 146 valence electrons. The van der Waals surface area contributed by atoms with Gasteiger partial charge in [-0.15, -0.1) is 0 Å². The summed E-state index contributed by atoms with van der Waals surface area (Å²) in [5.74, 6) is 2.20. The molecule has 0 saturated heterocycles. The number of para-hydroxylation sites is 1. The molecule has 1 unspecified atom stereocenters. The van der Waals surface area contributed by atoms with E-state index in [1.165, 1.54) is 11.0 Å². The smallest absolute Gasteiger partial charge is 0.169 e. The molecule has 0 heterocycles. The molecular weight excluding hydrogens is 369 g/mol. The van der Waals surface area contributed by atoms with Crippen molar-refractivity contribution in [1.29, 1.82) is 0 Å². The van der Waals surface area contributed by atoms with Gasteiger partial charge in [0.1, 0.15) is 12.4 Å². The third kappa shape index (κ3) is 4.76. The number of benzene rings is 3. The Hall–Kier alpha value is -2.71. The highest BCUT2D eigenvalue weighted by Gasteiger charge is 2.16. The topological polar surface area (TPSA) is 30.9 Å². The number of methoxy groups -OCH3 is 2. The standard InChI is InChI=1S/C23H26NO3P/c1-24(2)19-12-8-9-13-21(19)28-22-15-18(25-3)14-20(26-4)23(22)27-16-17-10-6-5-7-11-17/h5-15,28H,16H2,1-4H3. The van der Waals surface area contributed by atoms with Gasteiger partial charge in [-0.05, 0) is 17.7 Å². The summed E-state index contributed by atoms with van der Waals surface area (Å²) >= 11 is 0. The third-order valence-electron chi connectivity index (χ3n) is 4.37. The van der Waals surface area contributed by atoms with Crippen LogP contribution in [0.1, 0.15) is 5.56 Å². The number of anilines is 1. The first kappa shape index (κ1) is 20.0. The van der Waals surface area contributed by atoms with Crippen molar-refractivity contribution < 1.29 is 14.2 Å². The molecule has 5 heteroatoms. The van der Waals surface area contributed by atoms with E-state index in [1.807, 2.05) is 30.3 Å². The number of ether oxygens (including phenoxy) is 3. The van der Waals surface area contributed by atoms with Crippen molar-refractivity contribution in [3.05, 3.63) is 72.3 Å². The summed E-state index contributed by atoms with van der Waals surface area (Å²) in [5.41, 5.74) is 2.31. The van der Waals surface area contributed by atoms with E-state index >= 15 is 0 Å². The minimum atomic E-state index is 0.407. The Balaban J connectivity index is 1.98. The average Bonchev–Trinajstić information content (AvgIpc) is 2.73. The molecule has 0 aliphatic carbocycles. The van der Waals surface area contributed by atoms with E-state index in [2.05, 4.69) is 55.4 Å². The highest BCUT2D eigenvalue weighted by atomic mass is 31.1. The van der Waals surface area contributed by atoms with Gasteiger partial charge in [-0.25, -0.2) is 0 Å². The summed E-state index contributed by atoms with van der Waals surface area (Å²) in [6.45, 7) is 0.482. The first-order valence-corrected chi connectivity index (χ1v) is 10.1. The maximum Gasteiger partial charge on any atom is 0.169 e. The van der Waals surface area contributed by atoms with Gasteiger partial charge in [0.25, 0.3) is 0 Å². The Kier molecular flexibility index (Phi) is 6.78.